The van der Waals surface area contributed by atoms with Crippen LogP contribution in [0.5, 0.6) is 0 Å². The van der Waals surface area contributed by atoms with Gasteiger partial charge in [0.2, 0.25) is 0 Å². The number of rotatable bonds is 3. The first-order valence-corrected chi connectivity index (χ1v) is 10.1. The fraction of sp³-hybridized carbons (Fsp3) is 0.667. The predicted molar refractivity (Wildman–Crippen MR) is 100 cm³/mol. The number of aromatic nitrogens is 2. The summed E-state index contributed by atoms with van der Waals surface area (Å²) in [6.07, 6.45) is 2.28. The number of hydrogen-bond acceptors (Lipinski definition) is 5. The van der Waals surface area contributed by atoms with Crippen molar-refractivity contribution in [3.63, 3.8) is 0 Å². The molecule has 1 saturated heterocycles. The third kappa shape index (κ3) is 4.76. The van der Waals surface area contributed by atoms with E-state index in [2.05, 4.69) is 20.9 Å². The first kappa shape index (κ1) is 18.9. The van der Waals surface area contributed by atoms with Crippen molar-refractivity contribution in [3.05, 3.63) is 17.0 Å². The fourth-order valence-corrected chi connectivity index (χ4v) is 4.76. The SMILES string of the molecule is Cc1nn([C@H]2CCS(=O)(=O)C2)c(C)c1/C=N\NC(=S)NC(C)(C)C. The maximum atomic E-state index is 11.7. The molecule has 9 heteroatoms. The second-order valence-corrected chi connectivity index (χ2v) is 9.80. The van der Waals surface area contributed by atoms with Gasteiger partial charge in [-0.25, -0.2) is 8.42 Å². The average molecular weight is 372 g/mol. The Balaban J connectivity index is 2.09. The minimum atomic E-state index is -2.94. The van der Waals surface area contributed by atoms with E-state index in [0.717, 1.165) is 17.0 Å². The highest BCUT2D eigenvalue weighted by Crippen LogP contribution is 2.26. The predicted octanol–water partition coefficient (Wildman–Crippen LogP) is 1.46. The minimum Gasteiger partial charge on any atom is -0.357 e. The second kappa shape index (κ2) is 6.79. The minimum absolute atomic E-state index is 0.0903. The highest BCUT2D eigenvalue weighted by Gasteiger charge is 2.31. The lowest BCUT2D eigenvalue weighted by atomic mass is 10.1. The van der Waals surface area contributed by atoms with Crippen LogP contribution in [0, 0.1) is 13.8 Å². The van der Waals surface area contributed by atoms with Crippen LogP contribution in [-0.4, -0.2) is 46.6 Å². The van der Waals surface area contributed by atoms with Crippen molar-refractivity contribution in [2.45, 2.75) is 52.6 Å². The van der Waals surface area contributed by atoms with E-state index in [-0.39, 0.29) is 23.1 Å². The molecule has 0 amide bonds. The maximum Gasteiger partial charge on any atom is 0.187 e. The molecule has 2 rings (SSSR count). The molecule has 1 atom stereocenters. The molecule has 0 aliphatic carbocycles. The molecule has 1 aromatic rings. The van der Waals surface area contributed by atoms with Gasteiger partial charge in [-0.05, 0) is 53.3 Å². The molecule has 1 aromatic heterocycles. The van der Waals surface area contributed by atoms with Gasteiger partial charge in [-0.1, -0.05) is 0 Å². The van der Waals surface area contributed by atoms with E-state index in [0.29, 0.717) is 11.5 Å². The smallest absolute Gasteiger partial charge is 0.187 e. The van der Waals surface area contributed by atoms with Crippen molar-refractivity contribution < 1.29 is 8.42 Å². The summed E-state index contributed by atoms with van der Waals surface area (Å²) in [5.41, 5.74) is 5.26. The van der Waals surface area contributed by atoms with Gasteiger partial charge in [0, 0.05) is 16.8 Å². The van der Waals surface area contributed by atoms with Gasteiger partial charge in [0.25, 0.3) is 0 Å². The first-order valence-electron chi connectivity index (χ1n) is 7.86. The molecule has 2 N–H and O–H groups in total. The molecule has 0 bridgehead atoms. The Morgan fingerprint density at radius 1 is 1.42 bits per heavy atom. The Kier molecular flexibility index (Phi) is 5.34. The summed E-state index contributed by atoms with van der Waals surface area (Å²) in [4.78, 5) is 0. The van der Waals surface area contributed by atoms with Crippen molar-refractivity contribution >= 4 is 33.4 Å². The Morgan fingerprint density at radius 3 is 2.62 bits per heavy atom. The highest BCUT2D eigenvalue weighted by atomic mass is 32.2. The molecule has 2 heterocycles. The Hall–Kier alpha value is -1.48. The number of thiocarbonyl (C=S) groups is 1. The normalized spacial score (nSPS) is 20.5. The molecule has 0 saturated carbocycles. The molecule has 24 heavy (non-hydrogen) atoms. The summed E-state index contributed by atoms with van der Waals surface area (Å²) in [6.45, 7) is 9.86. The van der Waals surface area contributed by atoms with Crippen molar-refractivity contribution in [1.82, 2.24) is 20.5 Å². The van der Waals surface area contributed by atoms with E-state index < -0.39 is 9.84 Å². The van der Waals surface area contributed by atoms with Gasteiger partial charge in [0.05, 0.1) is 29.5 Å². The molecular weight excluding hydrogens is 346 g/mol. The van der Waals surface area contributed by atoms with Gasteiger partial charge >= 0.3 is 0 Å². The number of sulfone groups is 1. The summed E-state index contributed by atoms with van der Waals surface area (Å²) in [5.74, 6) is 0.386. The lowest BCUT2D eigenvalue weighted by Gasteiger charge is -2.21. The number of hydrazone groups is 1. The summed E-state index contributed by atoms with van der Waals surface area (Å²) in [5, 5.41) is 12.2. The van der Waals surface area contributed by atoms with E-state index in [1.807, 2.05) is 39.3 Å². The van der Waals surface area contributed by atoms with E-state index in [1.54, 1.807) is 6.21 Å². The largest absolute Gasteiger partial charge is 0.357 e. The standard InChI is InChI=1S/C15H25N5O2S2/c1-10-13(8-16-18-14(23)17-15(3,4)5)11(2)20(19-10)12-6-7-24(21,22)9-12/h8,12H,6-7,9H2,1-5H3,(H2,17,18,23)/b16-8-/t12-/m0/s1. The molecule has 1 aliphatic rings. The van der Waals surface area contributed by atoms with E-state index >= 15 is 0 Å². The number of nitrogens with one attached hydrogen (secondary N) is 2. The Morgan fingerprint density at radius 2 is 2.08 bits per heavy atom. The molecule has 0 radical (unpaired) electrons. The molecular formula is C15H25N5O2S2. The Labute approximate surface area is 148 Å². The van der Waals surface area contributed by atoms with Crippen molar-refractivity contribution in [3.8, 4) is 0 Å². The first-order chi connectivity index (χ1) is 11.0. The maximum absolute atomic E-state index is 11.7. The van der Waals surface area contributed by atoms with Gasteiger partial charge in [0.1, 0.15) is 0 Å². The molecule has 0 aromatic carbocycles. The van der Waals surface area contributed by atoms with Gasteiger partial charge < -0.3 is 5.32 Å². The quantitative estimate of drug-likeness (QED) is 0.475. The van der Waals surface area contributed by atoms with Crippen LogP contribution in [0.3, 0.4) is 0 Å². The van der Waals surface area contributed by atoms with E-state index in [4.69, 9.17) is 12.2 Å². The van der Waals surface area contributed by atoms with Crippen LogP contribution in [0.25, 0.3) is 0 Å². The summed E-state index contributed by atoms with van der Waals surface area (Å²) in [7, 11) is -2.94. The van der Waals surface area contributed by atoms with Gasteiger partial charge in [0.15, 0.2) is 14.9 Å². The van der Waals surface area contributed by atoms with Crippen LogP contribution in [0.15, 0.2) is 5.10 Å². The van der Waals surface area contributed by atoms with Crippen LogP contribution in [0.4, 0.5) is 0 Å². The number of hydrogen-bond donors (Lipinski definition) is 2. The third-order valence-electron chi connectivity index (χ3n) is 3.78. The van der Waals surface area contributed by atoms with E-state index in [9.17, 15) is 8.42 Å². The van der Waals surface area contributed by atoms with Crippen LogP contribution in [-0.2, 0) is 9.84 Å². The van der Waals surface area contributed by atoms with E-state index in [1.165, 1.54) is 0 Å². The van der Waals surface area contributed by atoms with Gasteiger partial charge in [-0.3, -0.25) is 10.1 Å². The van der Waals surface area contributed by atoms with Crippen LogP contribution in [0.1, 0.15) is 50.2 Å². The van der Waals surface area contributed by atoms with Crippen molar-refractivity contribution in [1.29, 1.82) is 0 Å². The number of aryl methyl sites for hydroxylation is 1. The monoisotopic (exact) mass is 371 g/mol. The van der Waals surface area contributed by atoms with Crippen LogP contribution >= 0.6 is 12.2 Å². The zero-order chi connectivity index (χ0) is 18.1. The summed E-state index contributed by atoms with van der Waals surface area (Å²) in [6, 6.07) is -0.0903. The Bertz CT molecular complexity index is 760. The second-order valence-electron chi connectivity index (χ2n) is 7.16. The highest BCUT2D eigenvalue weighted by molar-refractivity contribution is 7.91. The lowest BCUT2D eigenvalue weighted by molar-refractivity contribution is 0.486. The lowest BCUT2D eigenvalue weighted by Crippen LogP contribution is -2.44. The average Bonchev–Trinajstić information content (AvgIpc) is 2.90. The van der Waals surface area contributed by atoms with Gasteiger partial charge in [-0.15, -0.1) is 0 Å². The molecule has 1 aliphatic heterocycles. The molecule has 7 nitrogen and oxygen atoms in total. The van der Waals surface area contributed by atoms with Crippen molar-refractivity contribution in [2.75, 3.05) is 11.5 Å². The fourth-order valence-electron chi connectivity index (χ4n) is 2.71. The number of nitrogens with zero attached hydrogens (tertiary/aromatic N) is 3. The topological polar surface area (TPSA) is 88.4 Å². The molecule has 0 unspecified atom stereocenters. The molecule has 1 fully saturated rings. The molecule has 0 spiro atoms. The third-order valence-corrected chi connectivity index (χ3v) is 5.73. The molecule has 134 valence electrons. The zero-order valence-electron chi connectivity index (χ0n) is 14.8. The zero-order valence-corrected chi connectivity index (χ0v) is 16.4. The summed E-state index contributed by atoms with van der Waals surface area (Å²) >= 11 is 5.18. The van der Waals surface area contributed by atoms with Gasteiger partial charge in [-0.2, -0.15) is 10.2 Å². The van der Waals surface area contributed by atoms with Crippen molar-refractivity contribution in [2.24, 2.45) is 5.10 Å². The summed E-state index contributed by atoms with van der Waals surface area (Å²) < 4.78 is 25.2. The van der Waals surface area contributed by atoms with Crippen LogP contribution < -0.4 is 10.7 Å². The van der Waals surface area contributed by atoms with Crippen LogP contribution in [0.2, 0.25) is 0 Å².